The number of aryl methyl sites for hydroxylation is 1. The molecule has 122 valence electrons. The van der Waals surface area contributed by atoms with E-state index in [1.807, 2.05) is 19.1 Å². The number of nitro benzene ring substituents is 1. The lowest BCUT2D eigenvalue weighted by Crippen LogP contribution is -2.45. The minimum atomic E-state index is -0.346. The van der Waals surface area contributed by atoms with Crippen molar-refractivity contribution in [1.29, 1.82) is 0 Å². The lowest BCUT2D eigenvalue weighted by atomic mass is 10.1. The Hall–Kier alpha value is -2.25. The molecule has 1 saturated heterocycles. The Morgan fingerprint density at radius 2 is 1.87 bits per heavy atom. The number of piperazine rings is 1. The maximum absolute atomic E-state index is 10.8. The predicted molar refractivity (Wildman–Crippen MR) is 84.9 cm³/mol. The molecule has 0 saturated carbocycles. The monoisotopic (exact) mass is 316 g/mol. The van der Waals surface area contributed by atoms with Gasteiger partial charge in [-0.25, -0.2) is 0 Å². The van der Waals surface area contributed by atoms with Gasteiger partial charge in [0.05, 0.1) is 17.2 Å². The summed E-state index contributed by atoms with van der Waals surface area (Å²) >= 11 is 0. The molecule has 0 N–H and O–H groups in total. The Labute approximate surface area is 134 Å². The summed E-state index contributed by atoms with van der Waals surface area (Å²) in [4.78, 5) is 15.1. The van der Waals surface area contributed by atoms with E-state index >= 15 is 0 Å². The number of hydrogen-bond donors (Lipinski definition) is 0. The third-order valence-corrected chi connectivity index (χ3v) is 4.05. The molecule has 0 aliphatic carbocycles. The summed E-state index contributed by atoms with van der Waals surface area (Å²) in [7, 11) is 0. The first-order valence-corrected chi connectivity index (χ1v) is 7.70. The summed E-state index contributed by atoms with van der Waals surface area (Å²) in [5.74, 6) is 0.898. The van der Waals surface area contributed by atoms with Crippen molar-refractivity contribution < 1.29 is 9.45 Å². The minimum Gasteiger partial charge on any atom is -0.360 e. The van der Waals surface area contributed by atoms with E-state index in [1.54, 1.807) is 12.1 Å². The summed E-state index contributed by atoms with van der Waals surface area (Å²) in [6.45, 7) is 7.24. The second kappa shape index (κ2) is 6.89. The third-order valence-electron chi connectivity index (χ3n) is 4.05. The highest BCUT2D eigenvalue weighted by atomic mass is 16.6. The van der Waals surface area contributed by atoms with E-state index in [2.05, 4.69) is 15.0 Å². The van der Waals surface area contributed by atoms with Crippen molar-refractivity contribution in [2.75, 3.05) is 26.2 Å². The van der Waals surface area contributed by atoms with Gasteiger partial charge in [-0.3, -0.25) is 19.9 Å². The fourth-order valence-electron chi connectivity index (χ4n) is 2.84. The number of rotatable bonds is 5. The molecule has 1 aliphatic heterocycles. The van der Waals surface area contributed by atoms with Gasteiger partial charge in [-0.1, -0.05) is 17.3 Å². The lowest BCUT2D eigenvalue weighted by Gasteiger charge is -2.34. The standard InChI is InChI=1S/C16H20N4O3/c1-13-9-16(23-17-13)12-19-7-5-18(6-8-19)11-14-3-2-4-15(10-14)20(21)22/h2-4,9-10H,5-8,11-12H2,1H3. The largest absolute Gasteiger partial charge is 0.360 e. The average Bonchev–Trinajstić information content (AvgIpc) is 2.94. The SMILES string of the molecule is Cc1cc(CN2CCN(Cc3cccc([N+](=O)[O-])c3)CC2)on1. The van der Waals surface area contributed by atoms with Gasteiger partial charge in [0, 0.05) is 50.9 Å². The van der Waals surface area contributed by atoms with Gasteiger partial charge < -0.3 is 4.52 Å². The molecular weight excluding hydrogens is 296 g/mol. The van der Waals surface area contributed by atoms with Crippen molar-refractivity contribution in [2.45, 2.75) is 20.0 Å². The van der Waals surface area contributed by atoms with Crippen LogP contribution < -0.4 is 0 Å². The third kappa shape index (κ3) is 4.14. The average molecular weight is 316 g/mol. The van der Waals surface area contributed by atoms with Gasteiger partial charge in [0.25, 0.3) is 5.69 Å². The maximum Gasteiger partial charge on any atom is 0.269 e. The zero-order valence-electron chi connectivity index (χ0n) is 13.1. The fourth-order valence-corrected chi connectivity index (χ4v) is 2.84. The Morgan fingerprint density at radius 1 is 1.17 bits per heavy atom. The van der Waals surface area contributed by atoms with Gasteiger partial charge in [0.1, 0.15) is 0 Å². The highest BCUT2D eigenvalue weighted by molar-refractivity contribution is 5.34. The van der Waals surface area contributed by atoms with Gasteiger partial charge >= 0.3 is 0 Å². The predicted octanol–water partition coefficient (Wildman–Crippen LogP) is 2.21. The molecule has 0 spiro atoms. The molecule has 0 radical (unpaired) electrons. The second-order valence-electron chi connectivity index (χ2n) is 5.91. The molecule has 23 heavy (non-hydrogen) atoms. The molecule has 7 heteroatoms. The van der Waals surface area contributed by atoms with E-state index in [4.69, 9.17) is 4.52 Å². The van der Waals surface area contributed by atoms with Crippen LogP contribution in [0, 0.1) is 17.0 Å². The highest BCUT2D eigenvalue weighted by Crippen LogP contribution is 2.16. The maximum atomic E-state index is 10.8. The molecule has 2 aromatic rings. The molecule has 1 aromatic heterocycles. The fraction of sp³-hybridized carbons (Fsp3) is 0.438. The van der Waals surface area contributed by atoms with Gasteiger partial charge in [-0.05, 0) is 12.5 Å². The Morgan fingerprint density at radius 3 is 2.48 bits per heavy atom. The first-order valence-electron chi connectivity index (χ1n) is 7.70. The van der Waals surface area contributed by atoms with Crippen LogP contribution in [-0.4, -0.2) is 46.1 Å². The number of aromatic nitrogens is 1. The van der Waals surface area contributed by atoms with Crippen LogP contribution >= 0.6 is 0 Å². The summed E-state index contributed by atoms with van der Waals surface area (Å²) in [5.41, 5.74) is 2.05. The molecule has 0 unspecified atom stereocenters. The summed E-state index contributed by atoms with van der Waals surface area (Å²) in [6.07, 6.45) is 0. The van der Waals surface area contributed by atoms with Crippen LogP contribution in [0.3, 0.4) is 0 Å². The molecular formula is C16H20N4O3. The van der Waals surface area contributed by atoms with Crippen LogP contribution in [0.4, 0.5) is 5.69 Å². The Kier molecular flexibility index (Phi) is 4.68. The van der Waals surface area contributed by atoms with Crippen LogP contribution in [0.1, 0.15) is 17.0 Å². The van der Waals surface area contributed by atoms with Crippen LogP contribution in [-0.2, 0) is 13.1 Å². The zero-order valence-corrected chi connectivity index (χ0v) is 13.1. The summed E-state index contributed by atoms with van der Waals surface area (Å²) in [6, 6.07) is 8.84. The van der Waals surface area contributed by atoms with Gasteiger partial charge in [0.2, 0.25) is 0 Å². The van der Waals surface area contributed by atoms with Crippen LogP contribution in [0.15, 0.2) is 34.9 Å². The molecule has 1 aromatic carbocycles. The molecule has 0 bridgehead atoms. The van der Waals surface area contributed by atoms with Crippen molar-refractivity contribution in [1.82, 2.24) is 15.0 Å². The number of non-ortho nitro benzene ring substituents is 1. The summed E-state index contributed by atoms with van der Waals surface area (Å²) < 4.78 is 5.26. The van der Waals surface area contributed by atoms with E-state index in [0.29, 0.717) is 0 Å². The highest BCUT2D eigenvalue weighted by Gasteiger charge is 2.19. The number of hydrogen-bond acceptors (Lipinski definition) is 6. The first-order chi connectivity index (χ1) is 11.1. The van der Waals surface area contributed by atoms with Gasteiger partial charge in [-0.2, -0.15) is 0 Å². The van der Waals surface area contributed by atoms with Crippen molar-refractivity contribution in [3.05, 3.63) is 57.5 Å². The van der Waals surface area contributed by atoms with E-state index < -0.39 is 0 Å². The normalized spacial score (nSPS) is 16.6. The van der Waals surface area contributed by atoms with Crippen molar-refractivity contribution in [3.63, 3.8) is 0 Å². The molecule has 1 aliphatic rings. The van der Waals surface area contributed by atoms with Gasteiger partial charge in [-0.15, -0.1) is 0 Å². The topological polar surface area (TPSA) is 75.7 Å². The van der Waals surface area contributed by atoms with E-state index in [1.165, 1.54) is 6.07 Å². The zero-order chi connectivity index (χ0) is 16.2. The Balaban J connectivity index is 1.51. The lowest BCUT2D eigenvalue weighted by molar-refractivity contribution is -0.384. The van der Waals surface area contributed by atoms with E-state index in [-0.39, 0.29) is 10.6 Å². The number of nitrogens with zero attached hydrogens (tertiary/aromatic N) is 4. The van der Waals surface area contributed by atoms with E-state index in [9.17, 15) is 10.1 Å². The number of nitro groups is 1. The van der Waals surface area contributed by atoms with Crippen LogP contribution in [0.2, 0.25) is 0 Å². The summed E-state index contributed by atoms with van der Waals surface area (Å²) in [5, 5.41) is 14.7. The number of benzene rings is 1. The molecule has 2 heterocycles. The van der Waals surface area contributed by atoms with Crippen LogP contribution in [0.25, 0.3) is 0 Å². The second-order valence-corrected chi connectivity index (χ2v) is 5.91. The van der Waals surface area contributed by atoms with Gasteiger partial charge in [0.15, 0.2) is 5.76 Å². The minimum absolute atomic E-state index is 0.154. The van der Waals surface area contributed by atoms with E-state index in [0.717, 1.165) is 56.3 Å². The molecule has 0 atom stereocenters. The quantitative estimate of drug-likeness (QED) is 0.622. The smallest absolute Gasteiger partial charge is 0.269 e. The van der Waals surface area contributed by atoms with Crippen LogP contribution in [0.5, 0.6) is 0 Å². The Bertz CT molecular complexity index is 677. The van der Waals surface area contributed by atoms with Crippen molar-refractivity contribution in [3.8, 4) is 0 Å². The molecule has 7 nitrogen and oxygen atoms in total. The van der Waals surface area contributed by atoms with Crippen molar-refractivity contribution in [2.24, 2.45) is 0 Å². The molecule has 3 rings (SSSR count). The first kappa shape index (κ1) is 15.6. The molecule has 0 amide bonds. The molecule has 1 fully saturated rings. The van der Waals surface area contributed by atoms with Crippen molar-refractivity contribution >= 4 is 5.69 Å².